The van der Waals surface area contributed by atoms with Crippen molar-refractivity contribution in [2.24, 2.45) is 0 Å². The number of nitrogens with zero attached hydrogens (tertiary/aromatic N) is 5. The molecule has 7 nitrogen and oxygen atoms in total. The maximum atomic E-state index is 13.3. The average Bonchev–Trinajstić information content (AvgIpc) is 3.39. The summed E-state index contributed by atoms with van der Waals surface area (Å²) >= 11 is 0. The molecule has 0 saturated carbocycles. The maximum Gasteiger partial charge on any atom is 0.278 e. The van der Waals surface area contributed by atoms with Gasteiger partial charge >= 0.3 is 0 Å². The highest BCUT2D eigenvalue weighted by atomic mass is 19.1. The van der Waals surface area contributed by atoms with E-state index in [2.05, 4.69) is 27.4 Å². The minimum atomic E-state index is -0.255. The molecule has 1 atom stereocenters. The van der Waals surface area contributed by atoms with Crippen molar-refractivity contribution in [3.8, 4) is 17.3 Å². The Labute approximate surface area is 156 Å². The van der Waals surface area contributed by atoms with Crippen molar-refractivity contribution in [2.75, 3.05) is 26.7 Å². The Kier molecular flexibility index (Phi) is 4.02. The van der Waals surface area contributed by atoms with E-state index in [0.717, 1.165) is 61.5 Å². The lowest BCUT2D eigenvalue weighted by molar-refractivity contribution is 0.190. The van der Waals surface area contributed by atoms with E-state index in [4.69, 9.17) is 9.62 Å². The number of benzene rings is 1. The largest absolute Gasteiger partial charge is 0.332 e. The van der Waals surface area contributed by atoms with Gasteiger partial charge in [0.15, 0.2) is 11.5 Å². The van der Waals surface area contributed by atoms with Crippen LogP contribution in [0.4, 0.5) is 4.39 Å². The van der Waals surface area contributed by atoms with Crippen LogP contribution in [0, 0.1) is 5.82 Å². The molecule has 1 aliphatic carbocycles. The summed E-state index contributed by atoms with van der Waals surface area (Å²) in [4.78, 5) is 6.89. The molecule has 3 aromatic rings. The Hall–Kier alpha value is -2.58. The fraction of sp³-hybridized carbons (Fsp3) is 0.421. The number of halogens is 1. The van der Waals surface area contributed by atoms with Crippen molar-refractivity contribution in [3.05, 3.63) is 47.2 Å². The molecule has 1 N–H and O–H groups in total. The molecule has 1 saturated heterocycles. The van der Waals surface area contributed by atoms with Gasteiger partial charge in [0.25, 0.3) is 5.89 Å². The van der Waals surface area contributed by atoms with Crippen LogP contribution in [0.1, 0.15) is 29.5 Å². The summed E-state index contributed by atoms with van der Waals surface area (Å²) in [7, 11) is 2.07. The number of hydrogen-bond donors (Lipinski definition) is 1. The first-order chi connectivity index (χ1) is 13.2. The van der Waals surface area contributed by atoms with Gasteiger partial charge < -0.3 is 9.84 Å². The van der Waals surface area contributed by atoms with E-state index in [1.807, 2.05) is 4.68 Å². The van der Waals surface area contributed by atoms with Crippen LogP contribution in [-0.4, -0.2) is 51.5 Å². The molecular formula is C19H21FN6O. The van der Waals surface area contributed by atoms with Gasteiger partial charge in [-0.05, 0) is 50.6 Å². The van der Waals surface area contributed by atoms with Crippen LogP contribution in [0.2, 0.25) is 0 Å². The molecule has 0 bridgehead atoms. The molecule has 27 heavy (non-hydrogen) atoms. The normalized spacial score (nSPS) is 20.1. The van der Waals surface area contributed by atoms with E-state index in [-0.39, 0.29) is 11.9 Å². The zero-order valence-electron chi connectivity index (χ0n) is 15.2. The molecule has 5 rings (SSSR count). The summed E-state index contributed by atoms with van der Waals surface area (Å²) in [5.74, 6) is 0.889. The quantitative estimate of drug-likeness (QED) is 0.764. The third-order valence-electron chi connectivity index (χ3n) is 5.45. The summed E-state index contributed by atoms with van der Waals surface area (Å²) in [5, 5.41) is 12.3. The number of rotatable bonds is 3. The molecule has 1 unspecified atom stereocenters. The van der Waals surface area contributed by atoms with Gasteiger partial charge in [-0.15, -0.1) is 0 Å². The van der Waals surface area contributed by atoms with E-state index in [1.165, 1.54) is 12.1 Å². The molecule has 1 aromatic carbocycles. The number of likely N-dealkylation sites (N-methyl/N-ethyl adjacent to an activating group) is 1. The molecule has 0 spiro atoms. The summed E-state index contributed by atoms with van der Waals surface area (Å²) in [6.45, 7) is 2.72. The van der Waals surface area contributed by atoms with Crippen LogP contribution in [0.5, 0.6) is 0 Å². The summed E-state index contributed by atoms with van der Waals surface area (Å²) in [6, 6.07) is 6.49. The molecule has 2 aromatic heterocycles. The van der Waals surface area contributed by atoms with Crippen molar-refractivity contribution in [1.82, 2.24) is 30.1 Å². The van der Waals surface area contributed by atoms with Gasteiger partial charge in [0, 0.05) is 30.9 Å². The molecule has 140 valence electrons. The smallest absolute Gasteiger partial charge is 0.278 e. The van der Waals surface area contributed by atoms with Crippen LogP contribution in [0.3, 0.4) is 0 Å². The fourth-order valence-corrected chi connectivity index (χ4v) is 3.97. The second-order valence-corrected chi connectivity index (χ2v) is 7.17. The predicted molar refractivity (Wildman–Crippen MR) is 97.1 cm³/mol. The average molecular weight is 368 g/mol. The third kappa shape index (κ3) is 2.85. The van der Waals surface area contributed by atoms with Gasteiger partial charge in [-0.2, -0.15) is 10.1 Å². The monoisotopic (exact) mass is 368 g/mol. The molecule has 0 radical (unpaired) electrons. The van der Waals surface area contributed by atoms with E-state index in [9.17, 15) is 4.39 Å². The van der Waals surface area contributed by atoms with E-state index < -0.39 is 0 Å². The Balaban J connectivity index is 1.53. The first-order valence-electron chi connectivity index (χ1n) is 9.32. The Morgan fingerprint density at radius 3 is 2.89 bits per heavy atom. The number of nitrogens with one attached hydrogen (secondary N) is 1. The molecule has 8 heteroatoms. The van der Waals surface area contributed by atoms with Crippen molar-refractivity contribution < 1.29 is 8.91 Å². The zero-order chi connectivity index (χ0) is 18.4. The van der Waals surface area contributed by atoms with Crippen molar-refractivity contribution in [2.45, 2.75) is 25.3 Å². The van der Waals surface area contributed by atoms with Gasteiger partial charge in [0.1, 0.15) is 5.82 Å². The maximum absolute atomic E-state index is 13.3. The SMILES string of the molecule is CN1CCNCC1c1noc(-c2nn(-c3ccc(F)cc3)c3c2CCC3)n1. The van der Waals surface area contributed by atoms with Crippen LogP contribution < -0.4 is 5.32 Å². The van der Waals surface area contributed by atoms with Crippen LogP contribution in [-0.2, 0) is 12.8 Å². The predicted octanol–water partition coefficient (Wildman–Crippen LogP) is 2.13. The summed E-state index contributed by atoms with van der Waals surface area (Å²) in [6.07, 6.45) is 2.95. The molecule has 3 heterocycles. The fourth-order valence-electron chi connectivity index (χ4n) is 3.97. The highest BCUT2D eigenvalue weighted by molar-refractivity contribution is 5.58. The van der Waals surface area contributed by atoms with Crippen LogP contribution >= 0.6 is 0 Å². The second kappa shape index (κ2) is 6.54. The second-order valence-electron chi connectivity index (χ2n) is 7.17. The third-order valence-corrected chi connectivity index (χ3v) is 5.45. The van der Waals surface area contributed by atoms with Crippen LogP contribution in [0.15, 0.2) is 28.8 Å². The van der Waals surface area contributed by atoms with Gasteiger partial charge in [-0.25, -0.2) is 9.07 Å². The highest BCUT2D eigenvalue weighted by Gasteiger charge is 2.30. The first kappa shape index (κ1) is 16.6. The summed E-state index contributed by atoms with van der Waals surface area (Å²) < 4.78 is 20.8. The highest BCUT2D eigenvalue weighted by Crippen LogP contribution is 2.33. The number of piperazine rings is 1. The Bertz CT molecular complexity index is 963. The standard InChI is InChI=1S/C19H21FN6O/c1-25-10-9-21-11-16(25)18-22-19(27-24-18)17-14-3-2-4-15(14)26(23-17)13-7-5-12(20)6-8-13/h5-8,16,21H,2-4,9-11H2,1H3. The lowest BCUT2D eigenvalue weighted by Crippen LogP contribution is -2.44. The minimum Gasteiger partial charge on any atom is -0.332 e. The Morgan fingerprint density at radius 1 is 1.22 bits per heavy atom. The number of fused-ring (bicyclic) bond motifs is 1. The van der Waals surface area contributed by atoms with Gasteiger partial charge in [0.2, 0.25) is 0 Å². The minimum absolute atomic E-state index is 0.100. The van der Waals surface area contributed by atoms with Gasteiger partial charge in [-0.3, -0.25) is 4.90 Å². The van der Waals surface area contributed by atoms with Crippen molar-refractivity contribution in [3.63, 3.8) is 0 Å². The van der Waals surface area contributed by atoms with Gasteiger partial charge in [-0.1, -0.05) is 5.16 Å². The zero-order valence-corrected chi connectivity index (χ0v) is 15.2. The van der Waals surface area contributed by atoms with E-state index in [0.29, 0.717) is 11.7 Å². The molecule has 2 aliphatic rings. The van der Waals surface area contributed by atoms with E-state index in [1.54, 1.807) is 12.1 Å². The molecule has 1 fully saturated rings. The first-order valence-corrected chi connectivity index (χ1v) is 9.32. The topological polar surface area (TPSA) is 72.0 Å². The molecule has 1 aliphatic heterocycles. The molecular weight excluding hydrogens is 347 g/mol. The van der Waals surface area contributed by atoms with E-state index >= 15 is 0 Å². The lowest BCUT2D eigenvalue weighted by Gasteiger charge is -2.30. The van der Waals surface area contributed by atoms with Crippen molar-refractivity contribution in [1.29, 1.82) is 0 Å². The van der Waals surface area contributed by atoms with Crippen LogP contribution in [0.25, 0.3) is 17.3 Å². The number of hydrogen-bond acceptors (Lipinski definition) is 6. The summed E-state index contributed by atoms with van der Waals surface area (Å²) in [5.41, 5.74) is 3.89. The lowest BCUT2D eigenvalue weighted by atomic mass is 10.2. The molecule has 0 amide bonds. The number of aromatic nitrogens is 4. The van der Waals surface area contributed by atoms with Crippen molar-refractivity contribution >= 4 is 0 Å². The Morgan fingerprint density at radius 2 is 2.07 bits per heavy atom. The van der Waals surface area contributed by atoms with Gasteiger partial charge in [0.05, 0.1) is 11.7 Å².